The third-order valence-electron chi connectivity index (χ3n) is 23.6. The lowest BCUT2D eigenvalue weighted by Crippen LogP contribution is -2.61. The molecule has 0 bridgehead atoms. The number of nitrogens with one attached hydrogen (secondary N) is 12. The molecular formula is C87H120N22O20S. The van der Waals surface area contributed by atoms with Gasteiger partial charge in [-0.2, -0.15) is 0 Å². The van der Waals surface area contributed by atoms with Crippen LogP contribution in [0.3, 0.4) is 0 Å². The number of aliphatic hydroxyl groups excluding tert-OH is 1. The van der Waals surface area contributed by atoms with Gasteiger partial charge in [-0.15, -0.1) is 11.8 Å². The number of fused-ring (bicyclic) bond motifs is 4. The highest BCUT2D eigenvalue weighted by atomic mass is 32.2. The number of amides is 16. The number of rotatable bonds is 24. The van der Waals surface area contributed by atoms with Crippen LogP contribution in [0.25, 0.3) is 21.8 Å². The lowest BCUT2D eigenvalue weighted by molar-refractivity contribution is -0.149. The predicted octanol–water partition coefficient (Wildman–Crippen LogP) is -2.78. The number of likely N-dealkylation sites (N-methyl/N-ethyl adjacent to an activating group) is 3. The Balaban J connectivity index is 1.09. The van der Waals surface area contributed by atoms with E-state index in [4.69, 9.17) is 22.9 Å². The van der Waals surface area contributed by atoms with Crippen LogP contribution in [0.5, 0.6) is 5.75 Å². The second-order valence-electron chi connectivity index (χ2n) is 33.0. The highest BCUT2D eigenvalue weighted by Gasteiger charge is 2.47. The van der Waals surface area contributed by atoms with Crippen LogP contribution in [-0.4, -0.2) is 310 Å². The number of primary amides is 2. The second kappa shape index (κ2) is 47.9. The van der Waals surface area contributed by atoms with Gasteiger partial charge in [0.25, 0.3) is 0 Å². The van der Waals surface area contributed by atoms with Gasteiger partial charge in [0.2, 0.25) is 94.5 Å². The fourth-order valence-corrected chi connectivity index (χ4v) is 17.1. The fourth-order valence-electron chi connectivity index (χ4n) is 16.2. The number of aromatic nitrogens is 4. The number of carbonyl (C=O) groups is 17. The van der Waals surface area contributed by atoms with Crippen molar-refractivity contribution in [3.8, 4) is 5.75 Å². The maximum Gasteiger partial charge on any atom is 0.303 e. The molecule has 23 N–H and O–H groups in total. The van der Waals surface area contributed by atoms with Crippen molar-refractivity contribution in [1.82, 2.24) is 92.3 Å². The van der Waals surface area contributed by atoms with Crippen LogP contribution in [0.1, 0.15) is 133 Å². The number of para-hydroxylation sites is 2. The summed E-state index contributed by atoms with van der Waals surface area (Å²) < 4.78 is 0. The number of thioether (sulfide) groups is 1. The van der Waals surface area contributed by atoms with Crippen molar-refractivity contribution in [2.75, 3.05) is 58.8 Å². The number of nitrogens with zero attached hydrogens (tertiary/aromatic N) is 6. The van der Waals surface area contributed by atoms with Crippen LogP contribution >= 0.6 is 11.8 Å². The Hall–Kier alpha value is -13.0. The van der Waals surface area contributed by atoms with Gasteiger partial charge in [0.15, 0.2) is 0 Å². The summed E-state index contributed by atoms with van der Waals surface area (Å²) in [6.45, 7) is 3.81. The molecule has 704 valence electrons. The van der Waals surface area contributed by atoms with E-state index in [1.807, 2.05) is 13.8 Å². The molecule has 0 radical (unpaired) electrons. The lowest BCUT2D eigenvalue weighted by Gasteiger charge is -2.36. The second-order valence-corrected chi connectivity index (χ2v) is 34.0. The van der Waals surface area contributed by atoms with Crippen LogP contribution in [0.4, 0.5) is 0 Å². The Kier molecular flexibility index (Phi) is 37.1. The number of nitrogens with two attached hydrogens (primary N) is 4. The van der Waals surface area contributed by atoms with E-state index in [-0.39, 0.29) is 101 Å². The number of phenolic OH excluding ortho intramolecular Hbond substituents is 1. The van der Waals surface area contributed by atoms with Crippen LogP contribution in [0.15, 0.2) is 97.7 Å². The zero-order valence-corrected chi connectivity index (χ0v) is 74.4. The van der Waals surface area contributed by atoms with Gasteiger partial charge in [0.1, 0.15) is 90.3 Å². The van der Waals surface area contributed by atoms with Gasteiger partial charge in [-0.1, -0.05) is 88.1 Å². The molecule has 16 amide bonds. The molecule has 6 heterocycles. The molecule has 9 rings (SSSR count). The zero-order valence-electron chi connectivity index (χ0n) is 73.6. The maximum absolute atomic E-state index is 15.7. The molecule has 3 aromatic carbocycles. The topological polar surface area (TPSA) is 640 Å². The smallest absolute Gasteiger partial charge is 0.303 e. The average Bonchev–Trinajstić information content (AvgIpc) is 1.80. The number of phenols is 1. The molecule has 130 heavy (non-hydrogen) atoms. The minimum absolute atomic E-state index is 0.0311. The minimum atomic E-state index is -1.83. The van der Waals surface area contributed by atoms with E-state index < -0.39 is 229 Å². The molecule has 0 spiro atoms. The number of hydrogen-bond acceptors (Lipinski definition) is 23. The Morgan fingerprint density at radius 3 is 1.60 bits per heavy atom. The number of carboxylic acid groups (broad SMARTS) is 1. The van der Waals surface area contributed by atoms with Crippen molar-refractivity contribution in [2.24, 2.45) is 22.9 Å². The normalized spacial score (nSPS) is 25.3. The Bertz CT molecular complexity index is 5030. The fraction of sp³-hybridized carbons (Fsp3) is 0.517. The van der Waals surface area contributed by atoms with Gasteiger partial charge in [-0.25, -0.2) is 4.98 Å². The van der Waals surface area contributed by atoms with Gasteiger partial charge >= 0.3 is 5.97 Å². The van der Waals surface area contributed by atoms with Crippen molar-refractivity contribution in [3.63, 3.8) is 0 Å². The largest absolute Gasteiger partial charge is 0.508 e. The average molecular weight is 1830 g/mol. The van der Waals surface area contributed by atoms with E-state index in [1.165, 1.54) is 74.7 Å². The molecule has 3 aliphatic heterocycles. The number of imidazole rings is 1. The highest BCUT2D eigenvalue weighted by Crippen LogP contribution is 2.28. The number of aromatic amines is 3. The SMILES string of the molecule is CCCC[C@H]1C(=O)N(C)[C@@H](CCCC)C(=O)N[C@@H](CCN)C(=O)N[C@H](C(N)=O)CSCC(=O)N[C@@H](Cc2ccc(O)cc2)C(=O)N(C)[C@@H](C)C(=O)N[C@@H](CC(N)=O)C(=O)N2CCC[C@H]2C(=O)N[C@@H](Cc2cnc[nH]2)C(=O)N[C@@H](CCC(=O)O)C(=O)N2C[C@H](O)C[C@H]2C(=O)N[C@@H](Cc2c[nH]c3ccccc23)C(=O)N[C@@H](CCN)C(=O)N[C@@H](Cc2c[nH]c3ccccc23)C(=O)N1C. The van der Waals surface area contributed by atoms with E-state index in [9.17, 15) is 63.3 Å². The first-order valence-corrected chi connectivity index (χ1v) is 44.6. The van der Waals surface area contributed by atoms with Crippen LogP contribution in [0.2, 0.25) is 0 Å². The number of hydrogen-bond donors (Lipinski definition) is 19. The van der Waals surface area contributed by atoms with Crippen molar-refractivity contribution in [1.29, 1.82) is 0 Å². The van der Waals surface area contributed by atoms with E-state index in [0.29, 0.717) is 64.2 Å². The first-order valence-electron chi connectivity index (χ1n) is 43.5. The summed E-state index contributed by atoms with van der Waals surface area (Å²) in [7, 11) is 3.96. The van der Waals surface area contributed by atoms with E-state index in [2.05, 4.69) is 67.8 Å². The number of aliphatic hydroxyl groups is 1. The minimum Gasteiger partial charge on any atom is -0.508 e. The molecule has 3 aromatic heterocycles. The number of benzene rings is 3. The van der Waals surface area contributed by atoms with Gasteiger partial charge in [-0.05, 0) is 106 Å². The summed E-state index contributed by atoms with van der Waals surface area (Å²) in [4.78, 5) is 267. The summed E-state index contributed by atoms with van der Waals surface area (Å²) in [6.07, 6.45) is 1.95. The molecule has 3 fully saturated rings. The van der Waals surface area contributed by atoms with E-state index >= 15 is 33.6 Å². The van der Waals surface area contributed by atoms with Gasteiger partial charge in [-0.3, -0.25) is 81.5 Å². The first-order chi connectivity index (χ1) is 62.0. The van der Waals surface area contributed by atoms with Crippen molar-refractivity contribution in [3.05, 3.63) is 120 Å². The summed E-state index contributed by atoms with van der Waals surface area (Å²) in [5.74, 6) is -17.6. The number of aliphatic carboxylic acids is 1. The summed E-state index contributed by atoms with van der Waals surface area (Å²) in [6, 6.07) is -2.01. The van der Waals surface area contributed by atoms with Crippen LogP contribution in [-0.2, 0) is 107 Å². The maximum atomic E-state index is 15.7. The number of unbranched alkanes of at least 4 members (excludes halogenated alkanes) is 2. The Morgan fingerprint density at radius 2 is 1.02 bits per heavy atom. The van der Waals surface area contributed by atoms with Crippen LogP contribution in [0, 0.1) is 0 Å². The Morgan fingerprint density at radius 1 is 0.515 bits per heavy atom. The van der Waals surface area contributed by atoms with E-state index in [1.54, 1.807) is 60.9 Å². The number of H-pyrrole nitrogens is 3. The third kappa shape index (κ3) is 27.0. The van der Waals surface area contributed by atoms with Gasteiger partial charge < -0.3 is 126 Å². The standard InChI is InChI=1S/C87H120N22O20S/c1-7-9-20-67-80(122)98-59(30-32-89)77(119)104-66(74(91)116)44-130-45-72(113)96-63(34-48-23-25-52(110)26-24-48)83(125)105(4)47(3)75(117)102-65(39-71(90)112)86(128)108-33-15-22-68(108)81(123)101-62(37-51-42-92-46-95-51)79(121)99-60(27-28-73(114)115)85(127)109-43-53(111)38-70(109)82(124)100-61(35-49-40-93-56-18-13-11-16-54(49)56)78(120)97-58(29-31-88)76(118)103-64(36-50-41-94-57-19-14-12-17-55(50)57)84(126)107(6)69(21-10-8-2)87(129)106(67)5/h11-14,16-19,23-26,40-42,46-47,53,58-70,93-94,110-111H,7-10,15,20-22,27-39,43-45,88-89H2,1-6H3,(H2,90,112)(H2,91,116)(H,92,95)(H,96,113)(H,97,120)(H,98,122)(H,99,121)(H,100,124)(H,101,123)(H,102,117)(H,103,118)(H,104,119)(H,114,115)/t47-,53+,58-,59-,60-,61-,62-,63-,64-,65-,66-,67-,68-,69-,70-/m0/s1. The van der Waals surface area contributed by atoms with E-state index in [0.717, 1.165) is 26.5 Å². The molecule has 3 aliphatic rings. The molecule has 0 aliphatic carbocycles. The lowest BCUT2D eigenvalue weighted by atomic mass is 9.99. The molecule has 6 aromatic rings. The van der Waals surface area contributed by atoms with Gasteiger partial charge in [0, 0.05) is 125 Å². The number of carbonyl (C=O) groups excluding carboxylic acids is 16. The van der Waals surface area contributed by atoms with Crippen molar-refractivity contribution < 1.29 is 96.8 Å². The van der Waals surface area contributed by atoms with Crippen molar-refractivity contribution in [2.45, 2.75) is 227 Å². The monoisotopic (exact) mass is 1820 g/mol. The molecule has 3 saturated heterocycles. The molecular weight excluding hydrogens is 1710 g/mol. The molecule has 42 nitrogen and oxygen atoms in total. The van der Waals surface area contributed by atoms with Crippen LogP contribution < -0.4 is 70.8 Å². The van der Waals surface area contributed by atoms with Gasteiger partial charge in [0.05, 0.1) is 24.6 Å². The number of aromatic hydroxyl groups is 1. The molecule has 43 heteroatoms. The zero-order chi connectivity index (χ0) is 94.7. The summed E-state index contributed by atoms with van der Waals surface area (Å²) in [5, 5.41) is 56.9. The molecule has 15 atom stereocenters. The summed E-state index contributed by atoms with van der Waals surface area (Å²) >= 11 is 0.804. The first kappa shape index (κ1) is 101. The van der Waals surface area contributed by atoms with Crippen molar-refractivity contribution >= 4 is 134 Å². The summed E-state index contributed by atoms with van der Waals surface area (Å²) in [5.41, 5.74) is 26.8. The quantitative estimate of drug-likeness (QED) is 0.0291. The third-order valence-corrected chi connectivity index (χ3v) is 24.6. The molecule has 0 saturated carbocycles. The Labute approximate surface area is 754 Å². The molecule has 0 unspecified atom stereocenters. The highest BCUT2D eigenvalue weighted by molar-refractivity contribution is 8.00. The number of carboxylic acids is 1. The predicted molar refractivity (Wildman–Crippen MR) is 475 cm³/mol.